The summed E-state index contributed by atoms with van der Waals surface area (Å²) in [7, 11) is 2.02. The van der Waals surface area contributed by atoms with E-state index in [1.807, 2.05) is 17.8 Å². The summed E-state index contributed by atoms with van der Waals surface area (Å²) in [5.41, 5.74) is 2.36. The molecule has 0 fully saturated rings. The highest BCUT2D eigenvalue weighted by Crippen LogP contribution is 2.16. The van der Waals surface area contributed by atoms with Crippen molar-refractivity contribution < 1.29 is 0 Å². The maximum atomic E-state index is 4.62. The first-order chi connectivity index (χ1) is 10.6. The molecule has 7 heteroatoms. The lowest BCUT2D eigenvalue weighted by molar-refractivity contribution is 0.795. The van der Waals surface area contributed by atoms with E-state index in [1.54, 1.807) is 11.3 Å². The van der Waals surface area contributed by atoms with Gasteiger partial charge in [-0.25, -0.2) is 9.98 Å². The molecule has 0 bridgehead atoms. The van der Waals surface area contributed by atoms with Crippen LogP contribution in [0.4, 0.5) is 0 Å². The molecular weight excluding hydrogens is 421 g/mol. The van der Waals surface area contributed by atoms with Crippen LogP contribution in [0.2, 0.25) is 0 Å². The molecule has 5 nitrogen and oxygen atoms in total. The zero-order valence-corrected chi connectivity index (χ0v) is 17.4. The van der Waals surface area contributed by atoms with Gasteiger partial charge in [0.1, 0.15) is 0 Å². The van der Waals surface area contributed by atoms with Crippen molar-refractivity contribution in [1.82, 2.24) is 20.2 Å². The van der Waals surface area contributed by atoms with Crippen LogP contribution in [0.3, 0.4) is 0 Å². The number of thiazole rings is 1. The second-order valence-corrected chi connectivity index (χ2v) is 6.59. The molecule has 0 spiro atoms. The minimum absolute atomic E-state index is 0. The van der Waals surface area contributed by atoms with Gasteiger partial charge >= 0.3 is 0 Å². The Kier molecular flexibility index (Phi) is 8.60. The third kappa shape index (κ3) is 6.50. The van der Waals surface area contributed by atoms with E-state index in [1.165, 1.54) is 15.4 Å². The molecule has 0 aromatic carbocycles. The van der Waals surface area contributed by atoms with Crippen molar-refractivity contribution in [2.24, 2.45) is 12.0 Å². The van der Waals surface area contributed by atoms with Gasteiger partial charge in [-0.15, -0.1) is 35.3 Å². The number of hydrogen-bond acceptors (Lipinski definition) is 3. The van der Waals surface area contributed by atoms with Gasteiger partial charge in [0.15, 0.2) is 5.96 Å². The van der Waals surface area contributed by atoms with Crippen molar-refractivity contribution in [2.75, 3.05) is 13.1 Å². The van der Waals surface area contributed by atoms with Crippen LogP contribution < -0.4 is 10.6 Å². The molecule has 2 aromatic heterocycles. The van der Waals surface area contributed by atoms with Gasteiger partial charge < -0.3 is 15.2 Å². The van der Waals surface area contributed by atoms with E-state index in [2.05, 4.69) is 53.6 Å². The van der Waals surface area contributed by atoms with Gasteiger partial charge in [0.2, 0.25) is 0 Å². The van der Waals surface area contributed by atoms with E-state index < -0.39 is 0 Å². The Hall–Kier alpha value is -1.09. The van der Waals surface area contributed by atoms with Gasteiger partial charge in [0, 0.05) is 43.8 Å². The minimum Gasteiger partial charge on any atom is -0.357 e. The molecule has 0 radical (unpaired) electrons. The number of nitrogens with zero attached hydrogens (tertiary/aromatic N) is 3. The number of aliphatic imine (C=N–C) groups is 1. The summed E-state index contributed by atoms with van der Waals surface area (Å²) in [5.74, 6) is 0.858. The number of nitrogens with one attached hydrogen (secondary N) is 2. The summed E-state index contributed by atoms with van der Waals surface area (Å²) in [6.45, 7) is 8.64. The lowest BCUT2D eigenvalue weighted by Crippen LogP contribution is -2.38. The van der Waals surface area contributed by atoms with E-state index in [9.17, 15) is 0 Å². The van der Waals surface area contributed by atoms with Crippen LogP contribution in [0.15, 0.2) is 23.5 Å². The average Bonchev–Trinajstić information content (AvgIpc) is 3.03. The predicted molar refractivity (Wildman–Crippen MR) is 109 cm³/mol. The highest BCUT2D eigenvalue weighted by atomic mass is 127. The number of rotatable bonds is 6. The molecule has 2 aromatic rings. The Labute approximate surface area is 159 Å². The third-order valence-corrected chi connectivity index (χ3v) is 4.49. The minimum atomic E-state index is 0. The molecular formula is C16H26IN5S. The summed E-state index contributed by atoms with van der Waals surface area (Å²) in [4.78, 5) is 10.5. The fourth-order valence-corrected chi connectivity index (χ4v) is 3.03. The van der Waals surface area contributed by atoms with Crippen LogP contribution in [0.5, 0.6) is 0 Å². The Morgan fingerprint density at radius 1 is 1.35 bits per heavy atom. The van der Waals surface area contributed by atoms with E-state index in [4.69, 9.17) is 0 Å². The fourth-order valence-electron chi connectivity index (χ4n) is 2.10. The Morgan fingerprint density at radius 2 is 2.13 bits per heavy atom. The van der Waals surface area contributed by atoms with Crippen LogP contribution in [0, 0.1) is 13.8 Å². The van der Waals surface area contributed by atoms with Crippen molar-refractivity contribution in [3.63, 3.8) is 0 Å². The molecule has 2 rings (SSSR count). The predicted octanol–water partition coefficient (Wildman–Crippen LogP) is 3.01. The van der Waals surface area contributed by atoms with Gasteiger partial charge in [0.05, 0.1) is 17.2 Å². The molecule has 0 aliphatic carbocycles. The molecule has 0 saturated carbocycles. The summed E-state index contributed by atoms with van der Waals surface area (Å²) in [6.07, 6.45) is 5.06. The SMILES string of the molecule is CCNC(=NCc1ccn(C)c1)NCCc1nc(C)c(C)s1.I. The van der Waals surface area contributed by atoms with Crippen molar-refractivity contribution in [3.05, 3.63) is 39.6 Å². The van der Waals surface area contributed by atoms with Crippen LogP contribution in [-0.2, 0) is 20.0 Å². The van der Waals surface area contributed by atoms with E-state index in [0.29, 0.717) is 6.54 Å². The van der Waals surface area contributed by atoms with Crippen LogP contribution >= 0.6 is 35.3 Å². The molecule has 0 aliphatic heterocycles. The largest absolute Gasteiger partial charge is 0.357 e. The highest BCUT2D eigenvalue weighted by molar-refractivity contribution is 14.0. The van der Waals surface area contributed by atoms with Gasteiger partial charge in [-0.3, -0.25) is 0 Å². The van der Waals surface area contributed by atoms with Gasteiger partial charge in [0.25, 0.3) is 0 Å². The molecule has 0 unspecified atom stereocenters. The quantitative estimate of drug-likeness (QED) is 0.407. The second kappa shape index (κ2) is 9.92. The molecule has 23 heavy (non-hydrogen) atoms. The Bertz CT molecular complexity index is 613. The van der Waals surface area contributed by atoms with Crippen molar-refractivity contribution in [1.29, 1.82) is 0 Å². The molecule has 128 valence electrons. The number of halogens is 1. The van der Waals surface area contributed by atoms with E-state index in [-0.39, 0.29) is 24.0 Å². The summed E-state index contributed by atoms with van der Waals surface area (Å²) < 4.78 is 2.04. The zero-order chi connectivity index (χ0) is 15.9. The van der Waals surface area contributed by atoms with Gasteiger partial charge in [-0.1, -0.05) is 0 Å². The first kappa shape index (κ1) is 20.0. The maximum absolute atomic E-state index is 4.62. The van der Waals surface area contributed by atoms with Gasteiger partial charge in [-0.2, -0.15) is 0 Å². The second-order valence-electron chi connectivity index (χ2n) is 5.31. The van der Waals surface area contributed by atoms with Crippen LogP contribution in [-0.4, -0.2) is 28.6 Å². The number of aromatic nitrogens is 2. The smallest absolute Gasteiger partial charge is 0.191 e. The Balaban J connectivity index is 0.00000264. The normalized spacial score (nSPS) is 11.2. The summed E-state index contributed by atoms with van der Waals surface area (Å²) >= 11 is 1.78. The number of guanidine groups is 1. The Morgan fingerprint density at radius 3 is 2.70 bits per heavy atom. The topological polar surface area (TPSA) is 54.2 Å². The van der Waals surface area contributed by atoms with Crippen molar-refractivity contribution >= 4 is 41.3 Å². The van der Waals surface area contributed by atoms with E-state index >= 15 is 0 Å². The molecule has 2 heterocycles. The average molecular weight is 447 g/mol. The summed E-state index contributed by atoms with van der Waals surface area (Å²) in [5, 5.41) is 7.83. The lowest BCUT2D eigenvalue weighted by atomic mass is 10.3. The van der Waals surface area contributed by atoms with Crippen molar-refractivity contribution in [2.45, 2.75) is 33.7 Å². The molecule has 0 saturated heterocycles. The molecule has 2 N–H and O–H groups in total. The fraction of sp³-hybridized carbons (Fsp3) is 0.500. The molecule has 0 amide bonds. The van der Waals surface area contributed by atoms with Crippen LogP contribution in [0.1, 0.15) is 28.1 Å². The highest BCUT2D eigenvalue weighted by Gasteiger charge is 2.04. The molecule has 0 atom stereocenters. The maximum Gasteiger partial charge on any atom is 0.191 e. The van der Waals surface area contributed by atoms with E-state index in [0.717, 1.165) is 31.2 Å². The van der Waals surface area contributed by atoms with Gasteiger partial charge in [-0.05, 0) is 32.4 Å². The number of hydrogen-bond donors (Lipinski definition) is 2. The first-order valence-corrected chi connectivity index (χ1v) is 8.46. The van der Waals surface area contributed by atoms with Crippen LogP contribution in [0.25, 0.3) is 0 Å². The summed E-state index contributed by atoms with van der Waals surface area (Å²) in [6, 6.07) is 2.09. The third-order valence-electron chi connectivity index (χ3n) is 3.36. The zero-order valence-electron chi connectivity index (χ0n) is 14.2. The number of aryl methyl sites for hydroxylation is 3. The monoisotopic (exact) mass is 447 g/mol. The molecule has 0 aliphatic rings. The lowest BCUT2D eigenvalue weighted by Gasteiger charge is -2.10. The first-order valence-electron chi connectivity index (χ1n) is 7.64. The van der Waals surface area contributed by atoms with Crippen molar-refractivity contribution in [3.8, 4) is 0 Å². The standard InChI is InChI=1S/C16H25N5S.HI/c1-5-17-16(19-10-14-7-9-21(4)11-14)18-8-6-15-20-12(2)13(3)22-15;/h7,9,11H,5-6,8,10H2,1-4H3,(H2,17,18,19);1H.